The van der Waals surface area contributed by atoms with E-state index in [9.17, 15) is 0 Å². The van der Waals surface area contributed by atoms with Crippen LogP contribution in [0.15, 0.2) is 42.6 Å². The fraction of sp³-hybridized carbons (Fsp3) is 0.350. The molecule has 0 aliphatic carbocycles. The Morgan fingerprint density at radius 2 is 1.75 bits per heavy atom. The number of hydrogen-bond acceptors (Lipinski definition) is 3. The Morgan fingerprint density at radius 3 is 2.50 bits per heavy atom. The number of benzene rings is 1. The monoisotopic (exact) mass is 320 g/mol. The second kappa shape index (κ2) is 6.38. The van der Waals surface area contributed by atoms with E-state index in [2.05, 4.69) is 71.1 Å². The van der Waals surface area contributed by atoms with Gasteiger partial charge in [0.25, 0.3) is 0 Å². The molecule has 1 N–H and O–H groups in total. The molecule has 0 bridgehead atoms. The minimum atomic E-state index is 0.940. The van der Waals surface area contributed by atoms with Gasteiger partial charge in [-0.3, -0.25) is 4.90 Å². The van der Waals surface area contributed by atoms with E-state index in [0.29, 0.717) is 0 Å². The summed E-state index contributed by atoms with van der Waals surface area (Å²) in [7, 11) is 0. The molecule has 124 valence electrons. The van der Waals surface area contributed by atoms with Crippen LogP contribution in [-0.4, -0.2) is 40.5 Å². The lowest BCUT2D eigenvalue weighted by molar-refractivity contribution is 0.230. The summed E-state index contributed by atoms with van der Waals surface area (Å²) in [6.07, 6.45) is 2.16. The Bertz CT molecular complexity index is 842. The van der Waals surface area contributed by atoms with Gasteiger partial charge in [-0.1, -0.05) is 29.8 Å². The van der Waals surface area contributed by atoms with Crippen LogP contribution in [-0.2, 0) is 6.54 Å². The molecule has 3 aromatic rings. The molecule has 1 aromatic carbocycles. The zero-order valence-electron chi connectivity index (χ0n) is 14.4. The smallest absolute Gasteiger partial charge is 0.137 e. The van der Waals surface area contributed by atoms with E-state index in [1.165, 1.54) is 22.4 Å². The predicted molar refractivity (Wildman–Crippen MR) is 98.2 cm³/mol. The van der Waals surface area contributed by atoms with Crippen molar-refractivity contribution in [1.29, 1.82) is 0 Å². The second-order valence-corrected chi connectivity index (χ2v) is 6.73. The first-order valence-electron chi connectivity index (χ1n) is 8.68. The highest BCUT2D eigenvalue weighted by Gasteiger charge is 2.18. The summed E-state index contributed by atoms with van der Waals surface area (Å²) in [4.78, 5) is 7.47. The zero-order valence-corrected chi connectivity index (χ0v) is 14.4. The van der Waals surface area contributed by atoms with Crippen molar-refractivity contribution < 1.29 is 0 Å². The van der Waals surface area contributed by atoms with E-state index in [-0.39, 0.29) is 0 Å². The van der Waals surface area contributed by atoms with Gasteiger partial charge < -0.3 is 9.72 Å². The van der Waals surface area contributed by atoms with Gasteiger partial charge in [-0.25, -0.2) is 4.98 Å². The van der Waals surface area contributed by atoms with Crippen LogP contribution < -0.4 is 5.32 Å². The highest BCUT2D eigenvalue weighted by atomic mass is 15.2. The summed E-state index contributed by atoms with van der Waals surface area (Å²) >= 11 is 0. The van der Waals surface area contributed by atoms with Gasteiger partial charge in [0.1, 0.15) is 5.65 Å². The lowest BCUT2D eigenvalue weighted by atomic mass is 10.1. The minimum absolute atomic E-state index is 0.940. The van der Waals surface area contributed by atoms with Crippen LogP contribution in [0.5, 0.6) is 0 Å². The largest absolute Gasteiger partial charge is 0.314 e. The number of fused-ring (bicyclic) bond motifs is 1. The molecule has 24 heavy (non-hydrogen) atoms. The molecule has 4 nitrogen and oxygen atoms in total. The van der Waals surface area contributed by atoms with Crippen molar-refractivity contribution in [3.05, 3.63) is 59.4 Å². The van der Waals surface area contributed by atoms with Crippen molar-refractivity contribution in [2.24, 2.45) is 0 Å². The Balaban J connectivity index is 1.81. The van der Waals surface area contributed by atoms with Crippen LogP contribution in [0.2, 0.25) is 0 Å². The van der Waals surface area contributed by atoms with Gasteiger partial charge in [0.05, 0.1) is 11.4 Å². The van der Waals surface area contributed by atoms with Gasteiger partial charge in [0.2, 0.25) is 0 Å². The molecular formula is C20H24N4. The van der Waals surface area contributed by atoms with E-state index < -0.39 is 0 Å². The average Bonchev–Trinajstić information content (AvgIpc) is 2.94. The number of pyridine rings is 1. The molecule has 0 amide bonds. The summed E-state index contributed by atoms with van der Waals surface area (Å²) < 4.78 is 2.25. The fourth-order valence-corrected chi connectivity index (χ4v) is 3.37. The first-order valence-corrected chi connectivity index (χ1v) is 8.68. The fourth-order valence-electron chi connectivity index (χ4n) is 3.37. The van der Waals surface area contributed by atoms with Crippen molar-refractivity contribution >= 4 is 5.65 Å². The molecule has 1 aliphatic rings. The van der Waals surface area contributed by atoms with Crippen molar-refractivity contribution in [3.63, 3.8) is 0 Å². The van der Waals surface area contributed by atoms with Crippen LogP contribution in [0.25, 0.3) is 16.9 Å². The quantitative estimate of drug-likeness (QED) is 0.805. The molecule has 0 unspecified atom stereocenters. The standard InChI is InChI=1S/C20H24N4/c1-15-3-5-17(6-4-15)20-18(14-23-11-8-21-9-12-23)24-10-7-16(2)13-19(24)22-20/h3-7,10,13,21H,8-9,11-12,14H2,1-2H3. The van der Waals surface area contributed by atoms with Crippen LogP contribution in [0.3, 0.4) is 0 Å². The number of rotatable bonds is 3. The van der Waals surface area contributed by atoms with Gasteiger partial charge in [0, 0.05) is 44.5 Å². The van der Waals surface area contributed by atoms with Gasteiger partial charge in [-0.05, 0) is 31.5 Å². The molecule has 0 radical (unpaired) electrons. The zero-order chi connectivity index (χ0) is 16.5. The summed E-state index contributed by atoms with van der Waals surface area (Å²) in [6, 6.07) is 13.0. The maximum Gasteiger partial charge on any atom is 0.137 e. The van der Waals surface area contributed by atoms with Gasteiger partial charge in [0.15, 0.2) is 0 Å². The lowest BCUT2D eigenvalue weighted by Crippen LogP contribution is -2.43. The van der Waals surface area contributed by atoms with Crippen molar-refractivity contribution in [1.82, 2.24) is 19.6 Å². The van der Waals surface area contributed by atoms with Gasteiger partial charge in [-0.2, -0.15) is 0 Å². The SMILES string of the molecule is Cc1ccc(-c2nc3cc(C)ccn3c2CN2CCNCC2)cc1. The third-order valence-corrected chi connectivity index (χ3v) is 4.79. The normalized spacial score (nSPS) is 15.9. The summed E-state index contributed by atoms with van der Waals surface area (Å²) in [5.41, 5.74) is 7.16. The Morgan fingerprint density at radius 1 is 1.00 bits per heavy atom. The first kappa shape index (κ1) is 15.4. The van der Waals surface area contributed by atoms with Gasteiger partial charge >= 0.3 is 0 Å². The number of aryl methyl sites for hydroxylation is 2. The molecule has 3 heterocycles. The van der Waals surface area contributed by atoms with Crippen LogP contribution in [0.1, 0.15) is 16.8 Å². The molecule has 1 saturated heterocycles. The van der Waals surface area contributed by atoms with Crippen LogP contribution in [0, 0.1) is 13.8 Å². The molecule has 0 spiro atoms. The molecule has 2 aromatic heterocycles. The van der Waals surface area contributed by atoms with E-state index in [1.807, 2.05) is 0 Å². The van der Waals surface area contributed by atoms with E-state index >= 15 is 0 Å². The lowest BCUT2D eigenvalue weighted by Gasteiger charge is -2.27. The molecular weight excluding hydrogens is 296 g/mol. The Labute approximate surface area is 143 Å². The van der Waals surface area contributed by atoms with E-state index in [1.54, 1.807) is 0 Å². The second-order valence-electron chi connectivity index (χ2n) is 6.73. The van der Waals surface area contributed by atoms with Crippen molar-refractivity contribution in [3.8, 4) is 11.3 Å². The van der Waals surface area contributed by atoms with Crippen molar-refractivity contribution in [2.45, 2.75) is 20.4 Å². The number of aromatic nitrogens is 2. The van der Waals surface area contributed by atoms with Crippen LogP contribution in [0.4, 0.5) is 0 Å². The molecule has 4 rings (SSSR count). The topological polar surface area (TPSA) is 32.6 Å². The molecule has 4 heteroatoms. The predicted octanol–water partition coefficient (Wildman–Crippen LogP) is 3.02. The third-order valence-electron chi connectivity index (χ3n) is 4.79. The number of nitrogens with one attached hydrogen (secondary N) is 1. The number of nitrogens with zero attached hydrogens (tertiary/aromatic N) is 3. The highest BCUT2D eigenvalue weighted by Crippen LogP contribution is 2.26. The first-order chi connectivity index (χ1) is 11.7. The highest BCUT2D eigenvalue weighted by molar-refractivity contribution is 5.67. The van der Waals surface area contributed by atoms with E-state index in [4.69, 9.17) is 4.98 Å². The van der Waals surface area contributed by atoms with Gasteiger partial charge in [-0.15, -0.1) is 0 Å². The summed E-state index contributed by atoms with van der Waals surface area (Å²) in [5, 5.41) is 3.43. The summed E-state index contributed by atoms with van der Waals surface area (Å²) in [6.45, 7) is 9.49. The number of hydrogen-bond donors (Lipinski definition) is 1. The molecule has 1 aliphatic heterocycles. The average molecular weight is 320 g/mol. The number of piperazine rings is 1. The molecule has 0 atom stereocenters. The third kappa shape index (κ3) is 2.95. The molecule has 0 saturated carbocycles. The van der Waals surface area contributed by atoms with E-state index in [0.717, 1.165) is 44.1 Å². The maximum atomic E-state index is 4.96. The summed E-state index contributed by atoms with van der Waals surface area (Å²) in [5.74, 6) is 0. The van der Waals surface area contributed by atoms with Crippen molar-refractivity contribution in [2.75, 3.05) is 26.2 Å². The Kier molecular flexibility index (Phi) is 4.08. The molecule has 1 fully saturated rings. The van der Waals surface area contributed by atoms with Crippen LogP contribution >= 0.6 is 0 Å². The maximum absolute atomic E-state index is 4.96. The number of imidazole rings is 1. The Hall–Kier alpha value is -2.17. The minimum Gasteiger partial charge on any atom is -0.314 e.